The van der Waals surface area contributed by atoms with Crippen molar-refractivity contribution in [3.05, 3.63) is 53.0 Å². The molecular formula is C16H16N2O2. The minimum atomic E-state index is -0.0179. The molecule has 2 aromatic heterocycles. The zero-order chi connectivity index (χ0) is 14.1. The molecule has 102 valence electrons. The molecule has 1 aromatic carbocycles. The Morgan fingerprint density at radius 3 is 2.70 bits per heavy atom. The van der Waals surface area contributed by atoms with Crippen molar-refractivity contribution in [3.63, 3.8) is 0 Å². The van der Waals surface area contributed by atoms with Crippen molar-refractivity contribution < 1.29 is 4.42 Å². The molecule has 0 aliphatic carbocycles. The van der Waals surface area contributed by atoms with Crippen LogP contribution in [0.2, 0.25) is 0 Å². The molecule has 20 heavy (non-hydrogen) atoms. The van der Waals surface area contributed by atoms with Crippen molar-refractivity contribution in [2.24, 2.45) is 5.92 Å². The fraction of sp³-hybridized carbons (Fsp3) is 0.250. The van der Waals surface area contributed by atoms with Crippen molar-refractivity contribution >= 4 is 10.9 Å². The Morgan fingerprint density at radius 2 is 2.00 bits per heavy atom. The Bertz CT molecular complexity index is 786. The summed E-state index contributed by atoms with van der Waals surface area (Å²) >= 11 is 0. The second kappa shape index (κ2) is 4.96. The molecule has 0 radical (unpaired) electrons. The fourth-order valence-corrected chi connectivity index (χ4v) is 2.30. The van der Waals surface area contributed by atoms with E-state index in [-0.39, 0.29) is 5.56 Å². The highest BCUT2D eigenvalue weighted by molar-refractivity contribution is 5.79. The van der Waals surface area contributed by atoms with Crippen molar-refractivity contribution in [1.29, 1.82) is 0 Å². The number of nitrogens with zero attached hydrogens (tertiary/aromatic N) is 2. The highest BCUT2D eigenvalue weighted by Crippen LogP contribution is 2.20. The first-order valence-electron chi connectivity index (χ1n) is 6.70. The summed E-state index contributed by atoms with van der Waals surface area (Å²) in [7, 11) is 0. The Labute approximate surface area is 116 Å². The molecule has 3 aromatic rings. The van der Waals surface area contributed by atoms with Crippen LogP contribution in [0.1, 0.15) is 13.8 Å². The van der Waals surface area contributed by atoms with Crippen LogP contribution in [-0.4, -0.2) is 9.55 Å². The van der Waals surface area contributed by atoms with Crippen molar-refractivity contribution in [2.75, 3.05) is 0 Å². The number of benzene rings is 1. The number of aromatic nitrogens is 2. The van der Waals surface area contributed by atoms with Crippen LogP contribution in [-0.2, 0) is 6.54 Å². The van der Waals surface area contributed by atoms with Crippen molar-refractivity contribution in [2.45, 2.75) is 20.4 Å². The van der Waals surface area contributed by atoms with E-state index in [1.54, 1.807) is 16.9 Å². The van der Waals surface area contributed by atoms with Gasteiger partial charge in [-0.05, 0) is 30.2 Å². The SMILES string of the molecule is CC(C)Cn1c(-c2ccco2)nc2ccccc2c1=O. The van der Waals surface area contributed by atoms with Crippen molar-refractivity contribution in [1.82, 2.24) is 9.55 Å². The van der Waals surface area contributed by atoms with Crippen LogP contribution in [0.5, 0.6) is 0 Å². The molecule has 0 amide bonds. The van der Waals surface area contributed by atoms with Gasteiger partial charge in [-0.15, -0.1) is 0 Å². The third kappa shape index (κ3) is 2.13. The summed E-state index contributed by atoms with van der Waals surface area (Å²) in [6.45, 7) is 4.77. The van der Waals surface area contributed by atoms with Crippen LogP contribution in [0.4, 0.5) is 0 Å². The van der Waals surface area contributed by atoms with Crippen LogP contribution in [0.3, 0.4) is 0 Å². The third-order valence-corrected chi connectivity index (χ3v) is 3.15. The van der Waals surface area contributed by atoms with E-state index in [1.165, 1.54) is 0 Å². The van der Waals surface area contributed by atoms with Gasteiger partial charge in [0, 0.05) is 6.54 Å². The summed E-state index contributed by atoms with van der Waals surface area (Å²) in [5, 5.41) is 0.642. The summed E-state index contributed by atoms with van der Waals surface area (Å²) in [5.41, 5.74) is 0.680. The average Bonchev–Trinajstić information content (AvgIpc) is 2.95. The fourth-order valence-electron chi connectivity index (χ4n) is 2.30. The molecule has 0 saturated heterocycles. The van der Waals surface area contributed by atoms with Gasteiger partial charge in [0.2, 0.25) is 0 Å². The number of para-hydroxylation sites is 1. The average molecular weight is 268 g/mol. The van der Waals surface area contributed by atoms with Gasteiger partial charge in [-0.25, -0.2) is 4.98 Å². The topological polar surface area (TPSA) is 48.0 Å². The molecule has 4 nitrogen and oxygen atoms in total. The first-order chi connectivity index (χ1) is 9.66. The summed E-state index contributed by atoms with van der Waals surface area (Å²) < 4.78 is 7.12. The highest BCUT2D eigenvalue weighted by Gasteiger charge is 2.15. The Balaban J connectivity index is 2.34. The zero-order valence-electron chi connectivity index (χ0n) is 11.5. The van der Waals surface area contributed by atoms with Crippen LogP contribution in [0.15, 0.2) is 51.9 Å². The summed E-state index contributed by atoms with van der Waals surface area (Å²) in [6, 6.07) is 11.0. The van der Waals surface area contributed by atoms with E-state index in [0.717, 1.165) is 0 Å². The maximum atomic E-state index is 12.7. The quantitative estimate of drug-likeness (QED) is 0.732. The lowest BCUT2D eigenvalue weighted by molar-refractivity contribution is 0.500. The summed E-state index contributed by atoms with van der Waals surface area (Å²) in [5.74, 6) is 1.56. The molecule has 4 heteroatoms. The van der Waals surface area contributed by atoms with Gasteiger partial charge in [0.05, 0.1) is 17.2 Å². The number of hydrogen-bond donors (Lipinski definition) is 0. The van der Waals surface area contributed by atoms with E-state index in [9.17, 15) is 4.79 Å². The lowest BCUT2D eigenvalue weighted by Crippen LogP contribution is -2.25. The Hall–Kier alpha value is -2.36. The second-order valence-electron chi connectivity index (χ2n) is 5.24. The molecule has 0 unspecified atom stereocenters. The van der Waals surface area contributed by atoms with Crippen molar-refractivity contribution in [3.8, 4) is 11.6 Å². The first kappa shape index (κ1) is 12.7. The van der Waals surface area contributed by atoms with Gasteiger partial charge in [0.1, 0.15) is 0 Å². The van der Waals surface area contributed by atoms with E-state index >= 15 is 0 Å². The molecule has 3 rings (SSSR count). The molecule has 0 atom stereocenters. The smallest absolute Gasteiger partial charge is 0.261 e. The van der Waals surface area contributed by atoms with E-state index in [4.69, 9.17) is 4.42 Å². The van der Waals surface area contributed by atoms with Gasteiger partial charge >= 0.3 is 0 Å². The van der Waals surface area contributed by atoms with Crippen LogP contribution in [0, 0.1) is 5.92 Å². The lowest BCUT2D eigenvalue weighted by Gasteiger charge is -2.13. The number of furan rings is 1. The van der Waals surface area contributed by atoms with Gasteiger partial charge in [0.15, 0.2) is 11.6 Å². The molecule has 2 heterocycles. The zero-order valence-corrected chi connectivity index (χ0v) is 11.5. The van der Waals surface area contributed by atoms with Gasteiger partial charge in [-0.3, -0.25) is 9.36 Å². The van der Waals surface area contributed by atoms with E-state index in [1.807, 2.05) is 30.3 Å². The Kier molecular flexibility index (Phi) is 3.14. The lowest BCUT2D eigenvalue weighted by atomic mass is 10.2. The second-order valence-corrected chi connectivity index (χ2v) is 5.24. The van der Waals surface area contributed by atoms with Gasteiger partial charge in [-0.1, -0.05) is 26.0 Å². The Morgan fingerprint density at radius 1 is 1.20 bits per heavy atom. The third-order valence-electron chi connectivity index (χ3n) is 3.15. The maximum absolute atomic E-state index is 12.7. The van der Waals surface area contributed by atoms with E-state index in [0.29, 0.717) is 35.0 Å². The maximum Gasteiger partial charge on any atom is 0.261 e. The monoisotopic (exact) mass is 268 g/mol. The summed E-state index contributed by atoms with van der Waals surface area (Å²) in [4.78, 5) is 17.3. The van der Waals surface area contributed by atoms with Gasteiger partial charge in [-0.2, -0.15) is 0 Å². The molecular weight excluding hydrogens is 252 g/mol. The largest absolute Gasteiger partial charge is 0.461 e. The molecule has 0 bridgehead atoms. The van der Waals surface area contributed by atoms with Gasteiger partial charge < -0.3 is 4.42 Å². The molecule has 0 spiro atoms. The first-order valence-corrected chi connectivity index (χ1v) is 6.70. The molecule has 0 aliphatic rings. The predicted octanol–water partition coefficient (Wildman–Crippen LogP) is 3.31. The van der Waals surface area contributed by atoms with Crippen LogP contribution < -0.4 is 5.56 Å². The minimum Gasteiger partial charge on any atom is -0.461 e. The van der Waals surface area contributed by atoms with Crippen LogP contribution in [0.25, 0.3) is 22.5 Å². The molecule has 0 fully saturated rings. The van der Waals surface area contributed by atoms with E-state index in [2.05, 4.69) is 18.8 Å². The minimum absolute atomic E-state index is 0.0179. The van der Waals surface area contributed by atoms with Gasteiger partial charge in [0.25, 0.3) is 5.56 Å². The molecule has 0 saturated carbocycles. The number of fused-ring (bicyclic) bond motifs is 1. The molecule has 0 aliphatic heterocycles. The standard InChI is InChI=1S/C16H16N2O2/c1-11(2)10-18-15(14-8-5-9-20-14)17-13-7-4-3-6-12(13)16(18)19/h3-9,11H,10H2,1-2H3. The normalized spacial score (nSPS) is 11.3. The predicted molar refractivity (Wildman–Crippen MR) is 78.5 cm³/mol. The number of rotatable bonds is 3. The summed E-state index contributed by atoms with van der Waals surface area (Å²) in [6.07, 6.45) is 1.59. The molecule has 0 N–H and O–H groups in total. The van der Waals surface area contributed by atoms with Crippen LogP contribution >= 0.6 is 0 Å². The highest BCUT2D eigenvalue weighted by atomic mass is 16.3. The van der Waals surface area contributed by atoms with E-state index < -0.39 is 0 Å². The number of hydrogen-bond acceptors (Lipinski definition) is 3.